The molecular weight excluding hydrogens is 292 g/mol. The second-order valence-corrected chi connectivity index (χ2v) is 6.14. The van der Waals surface area contributed by atoms with Gasteiger partial charge in [-0.05, 0) is 42.9 Å². The van der Waals surface area contributed by atoms with Gasteiger partial charge in [0.15, 0.2) is 0 Å². The van der Waals surface area contributed by atoms with Crippen molar-refractivity contribution in [3.05, 3.63) is 29.8 Å². The molecule has 128 valence electrons. The van der Waals surface area contributed by atoms with Gasteiger partial charge in [-0.15, -0.1) is 0 Å². The molecule has 0 bridgehead atoms. The zero-order valence-corrected chi connectivity index (χ0v) is 14.0. The number of piperidine rings is 1. The minimum absolute atomic E-state index is 0.0551. The average molecular weight is 320 g/mol. The fourth-order valence-electron chi connectivity index (χ4n) is 2.77. The van der Waals surface area contributed by atoms with Gasteiger partial charge in [-0.3, -0.25) is 0 Å². The van der Waals surface area contributed by atoms with Crippen LogP contribution in [0.15, 0.2) is 24.3 Å². The van der Waals surface area contributed by atoms with E-state index >= 15 is 0 Å². The molecule has 5 nitrogen and oxygen atoms in total. The number of ether oxygens (including phenoxy) is 1. The number of amides is 2. The average Bonchev–Trinajstić information content (AvgIpc) is 2.60. The minimum atomic E-state index is -0.0551. The van der Waals surface area contributed by atoms with E-state index < -0.39 is 0 Å². The van der Waals surface area contributed by atoms with Crippen LogP contribution in [0.2, 0.25) is 0 Å². The third-order valence-corrected chi connectivity index (χ3v) is 4.17. The number of urea groups is 1. The van der Waals surface area contributed by atoms with Gasteiger partial charge in [-0.2, -0.15) is 0 Å². The number of aliphatic hydroxyl groups excluding tert-OH is 1. The summed E-state index contributed by atoms with van der Waals surface area (Å²) in [5, 5.41) is 12.2. The van der Waals surface area contributed by atoms with Crippen LogP contribution in [-0.2, 0) is 6.54 Å². The van der Waals surface area contributed by atoms with Gasteiger partial charge in [0.25, 0.3) is 0 Å². The molecule has 0 spiro atoms. The van der Waals surface area contributed by atoms with Crippen LogP contribution in [0.5, 0.6) is 5.75 Å². The molecule has 2 N–H and O–H groups in total. The molecule has 23 heavy (non-hydrogen) atoms. The van der Waals surface area contributed by atoms with Crippen molar-refractivity contribution in [2.24, 2.45) is 5.92 Å². The predicted octanol–water partition coefficient (Wildman–Crippen LogP) is 2.78. The van der Waals surface area contributed by atoms with Crippen molar-refractivity contribution in [1.29, 1.82) is 0 Å². The van der Waals surface area contributed by atoms with Crippen molar-refractivity contribution in [2.45, 2.75) is 39.2 Å². The van der Waals surface area contributed by atoms with Gasteiger partial charge in [0.05, 0.1) is 6.61 Å². The molecule has 1 unspecified atom stereocenters. The van der Waals surface area contributed by atoms with Crippen molar-refractivity contribution >= 4 is 6.03 Å². The summed E-state index contributed by atoms with van der Waals surface area (Å²) in [4.78, 5) is 14.0. The monoisotopic (exact) mass is 320 g/mol. The first-order valence-corrected chi connectivity index (χ1v) is 8.58. The summed E-state index contributed by atoms with van der Waals surface area (Å²) in [6.45, 7) is 4.91. The number of benzene rings is 1. The Hall–Kier alpha value is -1.75. The van der Waals surface area contributed by atoms with E-state index in [9.17, 15) is 9.90 Å². The third kappa shape index (κ3) is 5.75. The van der Waals surface area contributed by atoms with E-state index in [0.717, 1.165) is 50.1 Å². The molecule has 1 heterocycles. The Morgan fingerprint density at radius 2 is 2.35 bits per heavy atom. The summed E-state index contributed by atoms with van der Waals surface area (Å²) in [5.74, 6) is 1.06. The lowest BCUT2D eigenvalue weighted by Gasteiger charge is -2.31. The quantitative estimate of drug-likeness (QED) is 0.759. The number of carbonyl (C=O) groups is 1. The Balaban J connectivity index is 1.80. The van der Waals surface area contributed by atoms with Crippen LogP contribution >= 0.6 is 0 Å². The van der Waals surface area contributed by atoms with Crippen molar-refractivity contribution in [3.63, 3.8) is 0 Å². The van der Waals surface area contributed by atoms with Crippen LogP contribution in [0.25, 0.3) is 0 Å². The number of rotatable bonds is 7. The second kappa shape index (κ2) is 9.40. The zero-order chi connectivity index (χ0) is 16.5. The molecule has 2 rings (SSSR count). The number of carbonyl (C=O) groups excluding carboxylic acids is 1. The molecule has 1 aliphatic heterocycles. The maximum atomic E-state index is 12.2. The summed E-state index contributed by atoms with van der Waals surface area (Å²) >= 11 is 0. The number of likely N-dealkylation sites (tertiary alicyclic amines) is 1. The third-order valence-electron chi connectivity index (χ3n) is 4.17. The van der Waals surface area contributed by atoms with Gasteiger partial charge < -0.3 is 20.1 Å². The fourth-order valence-corrected chi connectivity index (χ4v) is 2.77. The van der Waals surface area contributed by atoms with E-state index in [4.69, 9.17) is 4.74 Å². The van der Waals surface area contributed by atoms with Crippen LogP contribution in [0.3, 0.4) is 0 Å². The Kier molecular flexibility index (Phi) is 7.20. The van der Waals surface area contributed by atoms with Gasteiger partial charge in [-0.1, -0.05) is 25.5 Å². The number of nitrogens with one attached hydrogen (secondary N) is 1. The molecule has 0 aromatic heterocycles. The Morgan fingerprint density at radius 3 is 3.13 bits per heavy atom. The van der Waals surface area contributed by atoms with E-state index in [1.54, 1.807) is 4.90 Å². The first-order valence-electron chi connectivity index (χ1n) is 8.58. The Labute approximate surface area is 138 Å². The van der Waals surface area contributed by atoms with E-state index in [-0.39, 0.29) is 18.6 Å². The lowest BCUT2D eigenvalue weighted by molar-refractivity contribution is 0.129. The number of nitrogens with zero attached hydrogens (tertiary/aromatic N) is 1. The van der Waals surface area contributed by atoms with E-state index in [1.807, 2.05) is 24.3 Å². The van der Waals surface area contributed by atoms with Crippen molar-refractivity contribution in [2.75, 3.05) is 26.3 Å². The summed E-state index contributed by atoms with van der Waals surface area (Å²) in [6, 6.07) is 7.80. The molecule has 0 radical (unpaired) electrons. The van der Waals surface area contributed by atoms with Gasteiger partial charge >= 0.3 is 6.03 Å². The normalized spacial score (nSPS) is 17.8. The predicted molar refractivity (Wildman–Crippen MR) is 90.5 cm³/mol. The van der Waals surface area contributed by atoms with E-state index in [0.29, 0.717) is 13.1 Å². The number of unbranched alkanes of at least 4 members (excludes halogenated alkanes) is 1. The Bertz CT molecular complexity index is 493. The molecule has 1 atom stereocenters. The summed E-state index contributed by atoms with van der Waals surface area (Å²) in [6.07, 6.45) is 4.11. The standard InChI is InChI=1S/C18H28N2O3/c1-2-3-10-23-17-8-4-6-15(11-17)12-19-18(22)20-9-5-7-16(13-20)14-21/h4,6,8,11,16,21H,2-3,5,7,9-10,12-14H2,1H3,(H,19,22). The van der Waals surface area contributed by atoms with Gasteiger partial charge in [0.1, 0.15) is 5.75 Å². The summed E-state index contributed by atoms with van der Waals surface area (Å²) in [7, 11) is 0. The van der Waals surface area contributed by atoms with Crippen molar-refractivity contribution in [3.8, 4) is 5.75 Å². The van der Waals surface area contributed by atoms with Crippen molar-refractivity contribution in [1.82, 2.24) is 10.2 Å². The summed E-state index contributed by atoms with van der Waals surface area (Å²) in [5.41, 5.74) is 1.03. The SMILES string of the molecule is CCCCOc1cccc(CNC(=O)N2CCCC(CO)C2)c1. The molecule has 5 heteroatoms. The van der Waals surface area contributed by atoms with Crippen molar-refractivity contribution < 1.29 is 14.6 Å². The summed E-state index contributed by atoms with van der Waals surface area (Å²) < 4.78 is 5.69. The Morgan fingerprint density at radius 1 is 1.48 bits per heavy atom. The maximum Gasteiger partial charge on any atom is 0.317 e. The fraction of sp³-hybridized carbons (Fsp3) is 0.611. The highest BCUT2D eigenvalue weighted by Crippen LogP contribution is 2.16. The molecule has 1 aliphatic rings. The molecule has 1 saturated heterocycles. The molecular formula is C18H28N2O3. The van der Waals surface area contributed by atoms with Crippen LogP contribution in [0, 0.1) is 5.92 Å². The second-order valence-electron chi connectivity index (χ2n) is 6.14. The number of hydrogen-bond acceptors (Lipinski definition) is 3. The minimum Gasteiger partial charge on any atom is -0.494 e. The lowest BCUT2D eigenvalue weighted by atomic mass is 9.99. The topological polar surface area (TPSA) is 61.8 Å². The van der Waals surface area contributed by atoms with Crippen LogP contribution in [-0.4, -0.2) is 42.3 Å². The van der Waals surface area contributed by atoms with E-state index in [2.05, 4.69) is 12.2 Å². The first-order chi connectivity index (χ1) is 11.2. The highest BCUT2D eigenvalue weighted by Gasteiger charge is 2.22. The smallest absolute Gasteiger partial charge is 0.317 e. The molecule has 0 saturated carbocycles. The highest BCUT2D eigenvalue weighted by atomic mass is 16.5. The molecule has 1 aromatic carbocycles. The van der Waals surface area contributed by atoms with E-state index in [1.165, 1.54) is 0 Å². The largest absolute Gasteiger partial charge is 0.494 e. The van der Waals surface area contributed by atoms with Gasteiger partial charge in [-0.25, -0.2) is 4.79 Å². The highest BCUT2D eigenvalue weighted by molar-refractivity contribution is 5.74. The van der Waals surface area contributed by atoms with Crippen LogP contribution < -0.4 is 10.1 Å². The molecule has 0 aliphatic carbocycles. The molecule has 1 aromatic rings. The lowest BCUT2D eigenvalue weighted by Crippen LogP contribution is -2.45. The van der Waals surface area contributed by atoms with Gasteiger partial charge in [0, 0.05) is 26.2 Å². The number of hydrogen-bond donors (Lipinski definition) is 2. The molecule has 1 fully saturated rings. The van der Waals surface area contributed by atoms with Crippen LogP contribution in [0.4, 0.5) is 4.79 Å². The first kappa shape index (κ1) is 17.6. The number of aliphatic hydroxyl groups is 1. The van der Waals surface area contributed by atoms with Gasteiger partial charge in [0.2, 0.25) is 0 Å². The molecule has 2 amide bonds. The van der Waals surface area contributed by atoms with Crippen LogP contribution in [0.1, 0.15) is 38.2 Å². The zero-order valence-electron chi connectivity index (χ0n) is 14.0. The maximum absolute atomic E-state index is 12.2.